The summed E-state index contributed by atoms with van der Waals surface area (Å²) in [6, 6.07) is 0. The van der Waals surface area contributed by atoms with E-state index in [1.54, 1.807) is 6.20 Å². The van der Waals surface area contributed by atoms with Gasteiger partial charge in [0.1, 0.15) is 12.4 Å². The Morgan fingerprint density at radius 1 is 1.42 bits per heavy atom. The molecule has 0 radical (unpaired) electrons. The number of hydrogen-bond acceptors (Lipinski definition) is 3. The van der Waals surface area contributed by atoms with Crippen LogP contribution in [0.2, 0.25) is 0 Å². The third kappa shape index (κ3) is 6.38. The highest BCUT2D eigenvalue weighted by molar-refractivity contribution is 5.75. The first-order valence-electron chi connectivity index (χ1n) is 7.11. The number of nitrogens with one attached hydrogen (secondary N) is 2. The molecule has 1 aromatic rings. The number of carbonyl (C=O) groups excluding carboxylic acids is 1. The first kappa shape index (κ1) is 15.7. The first-order valence-corrected chi connectivity index (χ1v) is 7.11. The van der Waals surface area contributed by atoms with Gasteiger partial charge in [-0.05, 0) is 25.3 Å². The van der Waals surface area contributed by atoms with Crippen LogP contribution in [0.3, 0.4) is 0 Å². The lowest BCUT2D eigenvalue weighted by Gasteiger charge is -2.10. The maximum atomic E-state index is 11.8. The Kier molecular flexibility index (Phi) is 7.18. The molecule has 19 heavy (non-hydrogen) atoms. The highest BCUT2D eigenvalue weighted by Crippen LogP contribution is 1.99. The molecule has 0 spiro atoms. The van der Waals surface area contributed by atoms with Gasteiger partial charge in [-0.15, -0.1) is 0 Å². The van der Waals surface area contributed by atoms with E-state index in [1.807, 2.05) is 10.8 Å². The summed E-state index contributed by atoms with van der Waals surface area (Å²) in [5, 5.41) is 6.23. The largest absolute Gasteiger partial charge is 0.355 e. The summed E-state index contributed by atoms with van der Waals surface area (Å²) in [6.45, 7) is 9.20. The molecular formula is C14H26N4O. The van der Waals surface area contributed by atoms with Gasteiger partial charge in [0.15, 0.2) is 0 Å². The van der Waals surface area contributed by atoms with E-state index < -0.39 is 0 Å². The van der Waals surface area contributed by atoms with Gasteiger partial charge in [-0.2, -0.15) is 0 Å². The Hall–Kier alpha value is -1.36. The predicted molar refractivity (Wildman–Crippen MR) is 76.7 cm³/mol. The van der Waals surface area contributed by atoms with Crippen molar-refractivity contribution < 1.29 is 4.79 Å². The van der Waals surface area contributed by atoms with Crippen molar-refractivity contribution in [2.24, 2.45) is 5.92 Å². The van der Waals surface area contributed by atoms with E-state index in [-0.39, 0.29) is 5.91 Å². The Morgan fingerprint density at radius 3 is 2.89 bits per heavy atom. The summed E-state index contributed by atoms with van der Waals surface area (Å²) in [6.07, 6.45) is 5.70. The maximum Gasteiger partial charge on any atom is 0.239 e. The van der Waals surface area contributed by atoms with Gasteiger partial charge in [0.25, 0.3) is 0 Å². The molecule has 2 N–H and O–H groups in total. The van der Waals surface area contributed by atoms with Gasteiger partial charge in [0.05, 0.1) is 6.54 Å². The van der Waals surface area contributed by atoms with Crippen molar-refractivity contribution in [2.45, 2.75) is 46.7 Å². The molecule has 0 atom stereocenters. The smallest absolute Gasteiger partial charge is 0.239 e. The Morgan fingerprint density at radius 2 is 2.21 bits per heavy atom. The zero-order valence-corrected chi connectivity index (χ0v) is 12.3. The molecule has 0 unspecified atom stereocenters. The lowest BCUT2D eigenvalue weighted by Crippen LogP contribution is -2.30. The Labute approximate surface area is 115 Å². The molecule has 0 bridgehead atoms. The standard InChI is InChI=1S/C14H26N4O/c1-4-6-15-10-13-16-8-9-18(13)11-14(19)17-7-5-12(2)3/h8-9,12,15H,4-7,10-11H2,1-3H3,(H,17,19). The molecule has 0 aliphatic carbocycles. The minimum Gasteiger partial charge on any atom is -0.355 e. The van der Waals surface area contributed by atoms with E-state index >= 15 is 0 Å². The summed E-state index contributed by atoms with van der Waals surface area (Å²) in [7, 11) is 0. The zero-order chi connectivity index (χ0) is 14.1. The molecule has 0 aromatic carbocycles. The average Bonchev–Trinajstić information content (AvgIpc) is 2.76. The van der Waals surface area contributed by atoms with Crippen LogP contribution in [0.4, 0.5) is 0 Å². The van der Waals surface area contributed by atoms with Crippen LogP contribution in [0.15, 0.2) is 12.4 Å². The normalized spacial score (nSPS) is 10.9. The van der Waals surface area contributed by atoms with E-state index in [9.17, 15) is 4.79 Å². The fraction of sp³-hybridized carbons (Fsp3) is 0.714. The topological polar surface area (TPSA) is 59.0 Å². The van der Waals surface area contributed by atoms with Crippen LogP contribution in [0, 0.1) is 5.92 Å². The van der Waals surface area contributed by atoms with Crippen molar-refractivity contribution in [3.05, 3.63) is 18.2 Å². The van der Waals surface area contributed by atoms with E-state index in [2.05, 4.69) is 36.4 Å². The number of nitrogens with zero attached hydrogens (tertiary/aromatic N) is 2. The maximum absolute atomic E-state index is 11.8. The minimum absolute atomic E-state index is 0.0513. The van der Waals surface area contributed by atoms with Crippen molar-refractivity contribution in [2.75, 3.05) is 13.1 Å². The molecule has 0 aliphatic heterocycles. The molecule has 108 valence electrons. The number of imidazole rings is 1. The quantitative estimate of drug-likeness (QED) is 0.667. The zero-order valence-electron chi connectivity index (χ0n) is 12.3. The predicted octanol–water partition coefficient (Wildman–Crippen LogP) is 1.54. The number of hydrogen-bond donors (Lipinski definition) is 2. The first-order chi connectivity index (χ1) is 9.13. The van der Waals surface area contributed by atoms with Crippen molar-refractivity contribution in [3.63, 3.8) is 0 Å². The third-order valence-electron chi connectivity index (χ3n) is 2.87. The SMILES string of the molecule is CCCNCc1nccn1CC(=O)NCCC(C)C. The van der Waals surface area contributed by atoms with Crippen molar-refractivity contribution >= 4 is 5.91 Å². The van der Waals surface area contributed by atoms with E-state index in [1.165, 1.54) is 0 Å². The highest BCUT2D eigenvalue weighted by atomic mass is 16.1. The van der Waals surface area contributed by atoms with Gasteiger partial charge in [-0.25, -0.2) is 4.98 Å². The highest BCUT2D eigenvalue weighted by Gasteiger charge is 2.07. The second-order valence-electron chi connectivity index (χ2n) is 5.18. The van der Waals surface area contributed by atoms with Gasteiger partial charge in [-0.3, -0.25) is 4.79 Å². The summed E-state index contributed by atoms with van der Waals surface area (Å²) >= 11 is 0. The van der Waals surface area contributed by atoms with Crippen LogP contribution >= 0.6 is 0 Å². The van der Waals surface area contributed by atoms with Gasteiger partial charge in [0.2, 0.25) is 5.91 Å². The molecule has 5 nitrogen and oxygen atoms in total. The van der Waals surface area contributed by atoms with Crippen molar-refractivity contribution in [1.29, 1.82) is 0 Å². The fourth-order valence-electron chi connectivity index (χ4n) is 1.74. The lowest BCUT2D eigenvalue weighted by atomic mass is 10.1. The van der Waals surface area contributed by atoms with Crippen LogP contribution in [0.5, 0.6) is 0 Å². The third-order valence-corrected chi connectivity index (χ3v) is 2.87. The summed E-state index contributed by atoms with van der Waals surface area (Å²) in [4.78, 5) is 16.1. The Bertz CT molecular complexity index is 373. The second-order valence-corrected chi connectivity index (χ2v) is 5.18. The molecule has 1 amide bonds. The summed E-state index contributed by atoms with van der Waals surface area (Å²) in [5.74, 6) is 1.57. The number of amides is 1. The van der Waals surface area contributed by atoms with Gasteiger partial charge >= 0.3 is 0 Å². The van der Waals surface area contributed by atoms with Crippen molar-refractivity contribution in [1.82, 2.24) is 20.2 Å². The van der Waals surface area contributed by atoms with Gasteiger partial charge in [0, 0.05) is 18.9 Å². The molecule has 0 fully saturated rings. The van der Waals surface area contributed by atoms with Gasteiger partial charge in [-0.1, -0.05) is 20.8 Å². The van der Waals surface area contributed by atoms with Gasteiger partial charge < -0.3 is 15.2 Å². The molecular weight excluding hydrogens is 240 g/mol. The van der Waals surface area contributed by atoms with E-state index in [0.29, 0.717) is 19.0 Å². The fourth-order valence-corrected chi connectivity index (χ4v) is 1.74. The molecule has 0 saturated carbocycles. The molecule has 1 rings (SSSR count). The van der Waals surface area contributed by atoms with E-state index in [0.717, 1.165) is 31.8 Å². The van der Waals surface area contributed by atoms with Crippen LogP contribution in [0.25, 0.3) is 0 Å². The molecule has 1 heterocycles. The lowest BCUT2D eigenvalue weighted by molar-refractivity contribution is -0.121. The second kappa shape index (κ2) is 8.69. The number of rotatable bonds is 9. The number of carbonyl (C=O) groups is 1. The minimum atomic E-state index is 0.0513. The van der Waals surface area contributed by atoms with Crippen LogP contribution in [0.1, 0.15) is 39.4 Å². The molecule has 5 heteroatoms. The van der Waals surface area contributed by atoms with Crippen molar-refractivity contribution in [3.8, 4) is 0 Å². The van der Waals surface area contributed by atoms with Crippen LogP contribution < -0.4 is 10.6 Å². The molecule has 1 aromatic heterocycles. The van der Waals surface area contributed by atoms with E-state index in [4.69, 9.17) is 0 Å². The Balaban J connectivity index is 2.35. The molecule has 0 aliphatic rings. The summed E-state index contributed by atoms with van der Waals surface area (Å²) < 4.78 is 1.90. The number of aromatic nitrogens is 2. The summed E-state index contributed by atoms with van der Waals surface area (Å²) in [5.41, 5.74) is 0. The van der Waals surface area contributed by atoms with Crippen LogP contribution in [-0.4, -0.2) is 28.5 Å². The monoisotopic (exact) mass is 266 g/mol. The molecule has 0 saturated heterocycles. The average molecular weight is 266 g/mol. The van der Waals surface area contributed by atoms with Crippen LogP contribution in [-0.2, 0) is 17.9 Å².